The van der Waals surface area contributed by atoms with Crippen molar-refractivity contribution in [3.63, 3.8) is 0 Å². The van der Waals surface area contributed by atoms with E-state index in [-0.39, 0.29) is 34.4 Å². The maximum atomic E-state index is 6.87. The molecule has 0 amide bonds. The van der Waals surface area contributed by atoms with Gasteiger partial charge in [0.2, 0.25) is 0 Å². The normalized spacial score (nSPS) is 29.7. The van der Waals surface area contributed by atoms with E-state index in [9.17, 15) is 0 Å². The van der Waals surface area contributed by atoms with Crippen LogP contribution in [0.15, 0.2) is 0 Å². The molecule has 2 aliphatic heterocycles. The van der Waals surface area contributed by atoms with Crippen molar-refractivity contribution in [2.75, 3.05) is 6.54 Å². The Morgan fingerprint density at radius 1 is 0.935 bits per heavy atom. The van der Waals surface area contributed by atoms with Crippen LogP contribution >= 0.6 is 0 Å². The first-order valence-corrected chi connectivity index (χ1v) is 15.4. The zero-order valence-corrected chi connectivity index (χ0v) is 24.1. The second-order valence-electron chi connectivity index (χ2n) is 13.9. The Balaban J connectivity index is 1.96. The fourth-order valence-electron chi connectivity index (χ4n) is 4.98. The SMILES string of the molecule is CC(C)(C)N1C[C@H](O[Si](C)(C)C(C)(C)C)CC1(C)CCCCB1OC(C)(C)C(C)(C)O1. The van der Waals surface area contributed by atoms with Gasteiger partial charge in [0.25, 0.3) is 0 Å². The predicted molar refractivity (Wildman–Crippen MR) is 136 cm³/mol. The molecule has 0 aliphatic carbocycles. The van der Waals surface area contributed by atoms with E-state index in [0.29, 0.717) is 6.10 Å². The van der Waals surface area contributed by atoms with Crippen molar-refractivity contribution in [2.24, 2.45) is 0 Å². The molecule has 2 aliphatic rings. The molecule has 4 nitrogen and oxygen atoms in total. The quantitative estimate of drug-likeness (QED) is 0.310. The first-order valence-electron chi connectivity index (χ1n) is 12.5. The zero-order valence-electron chi connectivity index (χ0n) is 23.1. The summed E-state index contributed by atoms with van der Waals surface area (Å²) >= 11 is 0. The molecular formula is C25H52BNO3Si. The highest BCUT2D eigenvalue weighted by Gasteiger charge is 2.51. The van der Waals surface area contributed by atoms with Crippen LogP contribution < -0.4 is 0 Å². The molecule has 2 heterocycles. The zero-order chi connectivity index (χ0) is 24.1. The second-order valence-corrected chi connectivity index (χ2v) is 18.7. The van der Waals surface area contributed by atoms with Gasteiger partial charge in [0.1, 0.15) is 0 Å². The summed E-state index contributed by atoms with van der Waals surface area (Å²) in [6.07, 6.45) is 5.97. The Morgan fingerprint density at radius 2 is 1.45 bits per heavy atom. The Morgan fingerprint density at radius 3 is 1.90 bits per heavy atom. The van der Waals surface area contributed by atoms with Crippen molar-refractivity contribution in [1.82, 2.24) is 4.90 Å². The van der Waals surface area contributed by atoms with E-state index in [2.05, 4.69) is 94.2 Å². The fourth-order valence-corrected chi connectivity index (χ4v) is 6.33. The van der Waals surface area contributed by atoms with Crippen LogP contribution in [0.1, 0.15) is 102 Å². The summed E-state index contributed by atoms with van der Waals surface area (Å²) in [5.41, 5.74) is -0.133. The van der Waals surface area contributed by atoms with Gasteiger partial charge in [0.15, 0.2) is 8.32 Å². The van der Waals surface area contributed by atoms with Crippen molar-refractivity contribution in [3.8, 4) is 0 Å². The summed E-state index contributed by atoms with van der Waals surface area (Å²) in [4.78, 5) is 2.71. The predicted octanol–water partition coefficient (Wildman–Crippen LogP) is 6.90. The topological polar surface area (TPSA) is 30.9 Å². The summed E-state index contributed by atoms with van der Waals surface area (Å²) in [5.74, 6) is 0. The van der Waals surface area contributed by atoms with Gasteiger partial charge in [0, 0.05) is 17.6 Å². The van der Waals surface area contributed by atoms with E-state index >= 15 is 0 Å². The van der Waals surface area contributed by atoms with E-state index in [1.807, 2.05) is 0 Å². The fraction of sp³-hybridized carbons (Fsp3) is 1.00. The molecule has 2 saturated heterocycles. The lowest BCUT2D eigenvalue weighted by atomic mass is 9.80. The molecule has 0 spiro atoms. The minimum absolute atomic E-state index is 0.0743. The van der Waals surface area contributed by atoms with Gasteiger partial charge in [-0.2, -0.15) is 0 Å². The van der Waals surface area contributed by atoms with Gasteiger partial charge in [0.05, 0.1) is 17.3 Å². The van der Waals surface area contributed by atoms with Crippen molar-refractivity contribution >= 4 is 15.4 Å². The summed E-state index contributed by atoms with van der Waals surface area (Å²) in [5, 5.41) is 0.251. The first kappa shape index (κ1) is 27.4. The lowest BCUT2D eigenvalue weighted by Gasteiger charge is -2.44. The van der Waals surface area contributed by atoms with E-state index in [0.717, 1.165) is 25.7 Å². The largest absolute Gasteiger partial charge is 0.457 e. The second kappa shape index (κ2) is 8.72. The smallest absolute Gasteiger partial charge is 0.413 e. The highest BCUT2D eigenvalue weighted by atomic mass is 28.4. The van der Waals surface area contributed by atoms with Crippen molar-refractivity contribution < 1.29 is 13.7 Å². The highest BCUT2D eigenvalue weighted by molar-refractivity contribution is 6.74. The van der Waals surface area contributed by atoms with Crippen LogP contribution in [0.25, 0.3) is 0 Å². The van der Waals surface area contributed by atoms with E-state index in [4.69, 9.17) is 13.7 Å². The van der Waals surface area contributed by atoms with Crippen molar-refractivity contribution in [2.45, 2.75) is 155 Å². The van der Waals surface area contributed by atoms with Crippen molar-refractivity contribution in [1.29, 1.82) is 0 Å². The molecular weight excluding hydrogens is 401 g/mol. The number of nitrogens with zero attached hydrogens (tertiary/aromatic N) is 1. The minimum Gasteiger partial charge on any atom is -0.413 e. The van der Waals surface area contributed by atoms with Gasteiger partial charge in [-0.15, -0.1) is 0 Å². The Bertz CT molecular complexity index is 607. The van der Waals surface area contributed by atoms with Crippen LogP contribution in [0.4, 0.5) is 0 Å². The molecule has 0 aromatic carbocycles. The highest BCUT2D eigenvalue weighted by Crippen LogP contribution is 2.44. The van der Waals surface area contributed by atoms with E-state index in [1.54, 1.807) is 0 Å². The number of likely N-dealkylation sites (tertiary alicyclic amines) is 1. The molecule has 0 aromatic rings. The lowest BCUT2D eigenvalue weighted by molar-refractivity contribution is 0.00578. The molecule has 0 saturated carbocycles. The lowest BCUT2D eigenvalue weighted by Crippen LogP contribution is -2.52. The molecule has 0 bridgehead atoms. The van der Waals surface area contributed by atoms with Gasteiger partial charge in [-0.1, -0.05) is 33.6 Å². The molecule has 0 aromatic heterocycles. The summed E-state index contributed by atoms with van der Waals surface area (Å²) < 4.78 is 19.3. The van der Waals surface area contributed by atoms with Crippen LogP contribution in [-0.4, -0.2) is 55.3 Å². The molecule has 182 valence electrons. The van der Waals surface area contributed by atoms with Gasteiger partial charge in [-0.3, -0.25) is 4.90 Å². The van der Waals surface area contributed by atoms with Crippen LogP contribution in [0.2, 0.25) is 24.5 Å². The molecule has 2 rings (SSSR count). The molecule has 2 fully saturated rings. The molecule has 6 heteroatoms. The third-order valence-electron chi connectivity index (χ3n) is 8.49. The number of rotatable bonds is 7. The summed E-state index contributed by atoms with van der Waals surface area (Å²) in [6.45, 7) is 30.9. The van der Waals surface area contributed by atoms with Crippen molar-refractivity contribution in [3.05, 3.63) is 0 Å². The van der Waals surface area contributed by atoms with Crippen LogP contribution in [0.3, 0.4) is 0 Å². The van der Waals surface area contributed by atoms with Crippen LogP contribution in [-0.2, 0) is 13.7 Å². The number of unbranched alkanes of at least 4 members (excludes halogenated alkanes) is 1. The third-order valence-corrected chi connectivity index (χ3v) is 13.0. The Labute approximate surface area is 195 Å². The van der Waals surface area contributed by atoms with Crippen LogP contribution in [0, 0.1) is 0 Å². The van der Waals surface area contributed by atoms with Gasteiger partial charge < -0.3 is 13.7 Å². The Hall–Kier alpha value is 0.122. The van der Waals surface area contributed by atoms with Gasteiger partial charge >= 0.3 is 7.12 Å². The Kier molecular flexibility index (Phi) is 7.70. The average molecular weight is 454 g/mol. The minimum atomic E-state index is -1.76. The van der Waals surface area contributed by atoms with E-state index in [1.165, 1.54) is 12.8 Å². The maximum Gasteiger partial charge on any atom is 0.457 e. The van der Waals surface area contributed by atoms with Gasteiger partial charge in [-0.05, 0) is 92.7 Å². The maximum absolute atomic E-state index is 6.87. The molecule has 2 atom stereocenters. The molecule has 0 radical (unpaired) electrons. The van der Waals surface area contributed by atoms with Gasteiger partial charge in [-0.25, -0.2) is 0 Å². The van der Waals surface area contributed by atoms with E-state index < -0.39 is 8.32 Å². The molecule has 1 unspecified atom stereocenters. The summed E-state index contributed by atoms with van der Waals surface area (Å²) in [7, 11) is -1.84. The number of hydrogen-bond acceptors (Lipinski definition) is 4. The first-order chi connectivity index (χ1) is 13.7. The van der Waals surface area contributed by atoms with Crippen LogP contribution in [0.5, 0.6) is 0 Å². The molecule has 0 N–H and O–H groups in total. The average Bonchev–Trinajstić information content (AvgIpc) is 2.95. The summed E-state index contributed by atoms with van der Waals surface area (Å²) in [6, 6.07) is 0. The number of hydrogen-bond donors (Lipinski definition) is 0. The standard InChI is InChI=1S/C25H52BNO3Si/c1-21(2,3)27-19-20(28-31(12,13)22(4,5)6)18-25(27,11)16-14-15-17-26-29-23(7,8)24(9,10)30-26/h20H,14-19H2,1-13H3/t20-,25?/m1/s1. The monoisotopic (exact) mass is 453 g/mol. The third kappa shape index (κ3) is 6.17. The molecule has 31 heavy (non-hydrogen) atoms.